The van der Waals surface area contributed by atoms with Crippen LogP contribution in [0.1, 0.15) is 37.7 Å². The smallest absolute Gasteiger partial charge is 0.0981 e. The zero-order valence-corrected chi connectivity index (χ0v) is 9.55. The Balaban J connectivity index is 1.95. The number of benzene rings is 1. The first-order chi connectivity index (χ1) is 7.86. The molecule has 1 aliphatic carbocycles. The van der Waals surface area contributed by atoms with Gasteiger partial charge in [-0.1, -0.05) is 24.6 Å². The van der Waals surface area contributed by atoms with Crippen molar-refractivity contribution in [2.24, 2.45) is 0 Å². The van der Waals surface area contributed by atoms with Crippen molar-refractivity contribution in [2.45, 2.75) is 43.2 Å². The predicted molar refractivity (Wildman–Crippen MR) is 65.6 cm³/mol. The molecule has 1 aromatic rings. The zero-order valence-electron chi connectivity index (χ0n) is 9.55. The van der Waals surface area contributed by atoms with Gasteiger partial charge in [-0.2, -0.15) is 0 Å². The summed E-state index contributed by atoms with van der Waals surface area (Å²) in [5.41, 5.74) is 3.52. The summed E-state index contributed by atoms with van der Waals surface area (Å²) in [5, 5.41) is 7.55. The summed E-state index contributed by atoms with van der Waals surface area (Å²) in [6.45, 7) is 1.17. The standard InChI is InChI=1S/C14H18N2/c1-2-6-12-11(5-1)13-7-3-4-8-14(13,16-12)15-10-9-13/h1-2,5-6,15-16H,3-4,7-10H2/t13-,14-/m0/s1. The molecule has 1 saturated carbocycles. The highest BCUT2D eigenvalue weighted by Gasteiger charge is 2.60. The van der Waals surface area contributed by atoms with Crippen LogP contribution >= 0.6 is 0 Å². The summed E-state index contributed by atoms with van der Waals surface area (Å²) >= 11 is 0. The molecule has 2 heteroatoms. The molecule has 4 rings (SSSR count). The first kappa shape index (κ1) is 9.06. The van der Waals surface area contributed by atoms with E-state index in [1.54, 1.807) is 5.56 Å². The maximum atomic E-state index is 3.79. The van der Waals surface area contributed by atoms with Crippen LogP contribution in [0.15, 0.2) is 24.3 Å². The van der Waals surface area contributed by atoms with Crippen molar-refractivity contribution in [3.63, 3.8) is 0 Å². The first-order valence-corrected chi connectivity index (χ1v) is 6.49. The summed E-state index contributed by atoms with van der Waals surface area (Å²) in [7, 11) is 0. The third-order valence-corrected chi connectivity index (χ3v) is 4.99. The van der Waals surface area contributed by atoms with Gasteiger partial charge in [-0.3, -0.25) is 5.32 Å². The maximum absolute atomic E-state index is 3.79. The largest absolute Gasteiger partial charge is 0.366 e. The Hall–Kier alpha value is -1.02. The highest BCUT2D eigenvalue weighted by atomic mass is 15.3. The van der Waals surface area contributed by atoms with E-state index in [1.165, 1.54) is 44.3 Å². The molecular formula is C14H18N2. The third-order valence-electron chi connectivity index (χ3n) is 4.99. The van der Waals surface area contributed by atoms with Gasteiger partial charge in [-0.25, -0.2) is 0 Å². The summed E-state index contributed by atoms with van der Waals surface area (Å²) in [6.07, 6.45) is 6.68. The second-order valence-electron chi connectivity index (χ2n) is 5.54. The second kappa shape index (κ2) is 2.80. The molecule has 84 valence electrons. The van der Waals surface area contributed by atoms with Crippen molar-refractivity contribution in [3.05, 3.63) is 29.8 Å². The normalized spacial score (nSPS) is 39.8. The van der Waals surface area contributed by atoms with Crippen molar-refractivity contribution >= 4 is 5.69 Å². The minimum Gasteiger partial charge on any atom is -0.366 e. The van der Waals surface area contributed by atoms with Gasteiger partial charge in [0.2, 0.25) is 0 Å². The molecule has 2 nitrogen and oxygen atoms in total. The number of nitrogens with one attached hydrogen (secondary N) is 2. The second-order valence-corrected chi connectivity index (χ2v) is 5.54. The lowest BCUT2D eigenvalue weighted by Crippen LogP contribution is -2.57. The van der Waals surface area contributed by atoms with Gasteiger partial charge in [-0.05, 0) is 43.9 Å². The zero-order chi connectivity index (χ0) is 10.6. The number of anilines is 1. The summed E-state index contributed by atoms with van der Waals surface area (Å²) < 4.78 is 0. The summed E-state index contributed by atoms with van der Waals surface area (Å²) in [6, 6.07) is 8.91. The summed E-state index contributed by atoms with van der Waals surface area (Å²) in [5.74, 6) is 0. The highest BCUT2D eigenvalue weighted by molar-refractivity contribution is 5.65. The van der Waals surface area contributed by atoms with E-state index in [9.17, 15) is 0 Å². The van der Waals surface area contributed by atoms with E-state index in [0.717, 1.165) is 0 Å². The lowest BCUT2D eigenvalue weighted by Gasteiger charge is -2.44. The minimum absolute atomic E-state index is 0.189. The molecule has 0 bridgehead atoms. The molecule has 3 aliphatic rings. The van der Waals surface area contributed by atoms with Crippen LogP contribution in [0.4, 0.5) is 5.69 Å². The Morgan fingerprint density at radius 3 is 2.88 bits per heavy atom. The highest BCUT2D eigenvalue weighted by Crippen LogP contribution is 2.57. The lowest BCUT2D eigenvalue weighted by molar-refractivity contribution is 0.195. The van der Waals surface area contributed by atoms with Crippen LogP contribution in [0, 0.1) is 0 Å². The van der Waals surface area contributed by atoms with Crippen LogP contribution < -0.4 is 10.6 Å². The molecule has 2 aliphatic heterocycles. The molecule has 0 unspecified atom stereocenters. The van der Waals surface area contributed by atoms with Gasteiger partial charge < -0.3 is 5.32 Å². The van der Waals surface area contributed by atoms with Crippen molar-refractivity contribution in [2.75, 3.05) is 11.9 Å². The SMILES string of the molecule is c1ccc2c(c1)N[C@@]13CCCC[C@]21CCN3. The molecule has 2 fully saturated rings. The van der Waals surface area contributed by atoms with E-state index in [0.29, 0.717) is 5.41 Å². The van der Waals surface area contributed by atoms with Crippen LogP contribution in [0.3, 0.4) is 0 Å². The van der Waals surface area contributed by atoms with Gasteiger partial charge in [0.25, 0.3) is 0 Å². The molecule has 0 radical (unpaired) electrons. The van der Waals surface area contributed by atoms with Crippen molar-refractivity contribution in [3.8, 4) is 0 Å². The Kier molecular flexibility index (Phi) is 1.59. The van der Waals surface area contributed by atoms with E-state index in [4.69, 9.17) is 0 Å². The van der Waals surface area contributed by atoms with Crippen molar-refractivity contribution in [1.29, 1.82) is 0 Å². The fourth-order valence-electron chi connectivity index (χ4n) is 4.32. The topological polar surface area (TPSA) is 24.1 Å². The monoisotopic (exact) mass is 214 g/mol. The third kappa shape index (κ3) is 0.844. The quantitative estimate of drug-likeness (QED) is 0.693. The maximum Gasteiger partial charge on any atom is 0.0981 e. The average molecular weight is 214 g/mol. The Morgan fingerprint density at radius 1 is 1.00 bits per heavy atom. The Bertz CT molecular complexity index is 442. The van der Waals surface area contributed by atoms with Crippen molar-refractivity contribution in [1.82, 2.24) is 5.32 Å². The van der Waals surface area contributed by atoms with Gasteiger partial charge in [0, 0.05) is 11.1 Å². The fraction of sp³-hybridized carbons (Fsp3) is 0.571. The molecule has 0 amide bonds. The molecule has 2 N–H and O–H groups in total. The predicted octanol–water partition coefficient (Wildman–Crippen LogP) is 2.61. The molecule has 0 aromatic heterocycles. The van der Waals surface area contributed by atoms with E-state index < -0.39 is 0 Å². The van der Waals surface area contributed by atoms with Gasteiger partial charge >= 0.3 is 0 Å². The van der Waals surface area contributed by atoms with E-state index in [1.807, 2.05) is 0 Å². The number of fused-ring (bicyclic) bond motifs is 1. The van der Waals surface area contributed by atoms with E-state index >= 15 is 0 Å². The Labute approximate surface area is 96.4 Å². The van der Waals surface area contributed by atoms with Crippen LogP contribution in [-0.4, -0.2) is 12.2 Å². The van der Waals surface area contributed by atoms with Crippen molar-refractivity contribution < 1.29 is 0 Å². The fourth-order valence-corrected chi connectivity index (χ4v) is 4.32. The number of hydrogen-bond acceptors (Lipinski definition) is 2. The number of para-hydroxylation sites is 1. The summed E-state index contributed by atoms with van der Waals surface area (Å²) in [4.78, 5) is 0. The molecule has 1 saturated heterocycles. The van der Waals surface area contributed by atoms with Crippen LogP contribution in [0.25, 0.3) is 0 Å². The molecular weight excluding hydrogens is 196 g/mol. The van der Waals surface area contributed by atoms with Gasteiger partial charge in [0.05, 0.1) is 5.66 Å². The molecule has 16 heavy (non-hydrogen) atoms. The molecule has 2 atom stereocenters. The minimum atomic E-state index is 0.189. The van der Waals surface area contributed by atoms with Gasteiger partial charge in [-0.15, -0.1) is 0 Å². The lowest BCUT2D eigenvalue weighted by atomic mass is 9.65. The van der Waals surface area contributed by atoms with Crippen LogP contribution in [0.2, 0.25) is 0 Å². The number of hydrogen-bond donors (Lipinski definition) is 2. The van der Waals surface area contributed by atoms with Gasteiger partial charge in [0.15, 0.2) is 0 Å². The van der Waals surface area contributed by atoms with Crippen LogP contribution in [0.5, 0.6) is 0 Å². The van der Waals surface area contributed by atoms with E-state index in [-0.39, 0.29) is 5.66 Å². The average Bonchev–Trinajstić information content (AvgIpc) is 2.80. The van der Waals surface area contributed by atoms with Gasteiger partial charge in [0.1, 0.15) is 0 Å². The van der Waals surface area contributed by atoms with E-state index in [2.05, 4.69) is 34.9 Å². The molecule has 2 heterocycles. The van der Waals surface area contributed by atoms with Crippen LogP contribution in [-0.2, 0) is 5.41 Å². The molecule has 1 aromatic carbocycles. The number of rotatable bonds is 0. The molecule has 0 spiro atoms. The Morgan fingerprint density at radius 2 is 1.88 bits per heavy atom. The first-order valence-electron chi connectivity index (χ1n) is 6.49.